The van der Waals surface area contributed by atoms with Crippen molar-refractivity contribution in [3.63, 3.8) is 0 Å². The van der Waals surface area contributed by atoms with Crippen molar-refractivity contribution in [2.24, 2.45) is 5.92 Å². The summed E-state index contributed by atoms with van der Waals surface area (Å²) in [5.74, 6) is 0.837. The third-order valence-corrected chi connectivity index (χ3v) is 4.81. The summed E-state index contributed by atoms with van der Waals surface area (Å²) in [5.41, 5.74) is 5.05. The summed E-state index contributed by atoms with van der Waals surface area (Å²) in [6.45, 7) is 1.03. The van der Waals surface area contributed by atoms with E-state index in [2.05, 4.69) is 41.2 Å². The largest absolute Gasteiger partial charge is 0.345 e. The van der Waals surface area contributed by atoms with Gasteiger partial charge in [0.05, 0.1) is 5.69 Å². The second-order valence-electron chi connectivity index (χ2n) is 7.22. The van der Waals surface area contributed by atoms with Gasteiger partial charge in [-0.15, -0.1) is 0 Å². The molecule has 0 atom stereocenters. The van der Waals surface area contributed by atoms with Crippen LogP contribution >= 0.6 is 0 Å². The summed E-state index contributed by atoms with van der Waals surface area (Å²) in [4.78, 5) is 13.6. The summed E-state index contributed by atoms with van der Waals surface area (Å²) in [6.07, 6.45) is 4.73. The first-order valence-corrected chi connectivity index (χ1v) is 9.06. The Labute approximate surface area is 154 Å². The minimum atomic E-state index is 0.0199. The van der Waals surface area contributed by atoms with Gasteiger partial charge in [0, 0.05) is 38.0 Å². The highest BCUT2D eigenvalue weighted by Crippen LogP contribution is 2.31. The Hall–Kier alpha value is -2.88. The van der Waals surface area contributed by atoms with Crippen molar-refractivity contribution in [2.45, 2.75) is 19.4 Å². The summed E-state index contributed by atoms with van der Waals surface area (Å²) >= 11 is 0. The zero-order chi connectivity index (χ0) is 18.1. The monoisotopic (exact) mass is 345 g/mol. The highest BCUT2D eigenvalue weighted by Gasteiger charge is 2.22. The second-order valence-corrected chi connectivity index (χ2v) is 7.22. The Morgan fingerprint density at radius 1 is 1.04 bits per heavy atom. The molecule has 0 unspecified atom stereocenters. The van der Waals surface area contributed by atoms with E-state index in [-0.39, 0.29) is 5.91 Å². The Morgan fingerprint density at radius 3 is 2.46 bits per heavy atom. The fourth-order valence-electron chi connectivity index (χ4n) is 3.10. The molecular formula is C22H23N3O. The summed E-state index contributed by atoms with van der Waals surface area (Å²) < 4.78 is 2.06. The van der Waals surface area contributed by atoms with Crippen LogP contribution in [0.15, 0.2) is 60.8 Å². The maximum absolute atomic E-state index is 12.0. The summed E-state index contributed by atoms with van der Waals surface area (Å²) in [6, 6.07) is 18.3. The fraction of sp³-hybridized carbons (Fsp3) is 0.273. The first kappa shape index (κ1) is 16.6. The van der Waals surface area contributed by atoms with Crippen LogP contribution in [0.25, 0.3) is 22.4 Å². The minimum Gasteiger partial charge on any atom is -0.345 e. The van der Waals surface area contributed by atoms with E-state index >= 15 is 0 Å². The topological polar surface area (TPSA) is 38.1 Å². The molecule has 0 spiro atoms. The first-order valence-electron chi connectivity index (χ1n) is 9.06. The van der Waals surface area contributed by atoms with Crippen LogP contribution in [0.1, 0.15) is 23.2 Å². The van der Waals surface area contributed by atoms with Crippen molar-refractivity contribution in [2.75, 3.05) is 14.1 Å². The number of carbonyl (C=O) groups excluding carboxylic acids is 1. The van der Waals surface area contributed by atoms with E-state index in [9.17, 15) is 4.79 Å². The van der Waals surface area contributed by atoms with Crippen LogP contribution < -0.4 is 0 Å². The third-order valence-electron chi connectivity index (χ3n) is 4.81. The molecule has 1 amide bonds. The zero-order valence-corrected chi connectivity index (χ0v) is 15.2. The quantitative estimate of drug-likeness (QED) is 0.690. The highest BCUT2D eigenvalue weighted by atomic mass is 16.2. The second kappa shape index (κ2) is 6.79. The average Bonchev–Trinajstić information content (AvgIpc) is 3.36. The van der Waals surface area contributed by atoms with E-state index in [4.69, 9.17) is 5.10 Å². The molecule has 0 saturated heterocycles. The molecule has 1 aliphatic carbocycles. The number of rotatable bonds is 5. The van der Waals surface area contributed by atoms with Gasteiger partial charge in [-0.05, 0) is 54.2 Å². The van der Waals surface area contributed by atoms with Gasteiger partial charge in [-0.1, -0.05) is 30.3 Å². The fourth-order valence-corrected chi connectivity index (χ4v) is 3.10. The molecule has 4 heteroatoms. The molecule has 132 valence electrons. The molecule has 4 nitrogen and oxygen atoms in total. The molecule has 0 aliphatic heterocycles. The Bertz CT molecular complexity index is 921. The maximum Gasteiger partial charge on any atom is 0.253 e. The summed E-state index contributed by atoms with van der Waals surface area (Å²) in [7, 11) is 3.53. The number of benzene rings is 2. The van der Waals surface area contributed by atoms with Crippen molar-refractivity contribution >= 4 is 5.91 Å². The number of nitrogens with zero attached hydrogens (tertiary/aromatic N) is 3. The van der Waals surface area contributed by atoms with E-state index in [0.717, 1.165) is 34.8 Å². The SMILES string of the molecule is CN(C)C(=O)c1ccc(-c2cccc(-c3ccn(CC4CC4)n3)c2)cc1. The standard InChI is InChI=1S/C22H23N3O/c1-24(2)22(26)18-10-8-17(9-11-18)19-4-3-5-20(14-19)21-12-13-25(23-21)15-16-6-7-16/h3-5,8-14,16H,6-7,15H2,1-2H3. The Balaban J connectivity index is 1.57. The van der Waals surface area contributed by atoms with Crippen LogP contribution in [0, 0.1) is 5.92 Å². The highest BCUT2D eigenvalue weighted by molar-refractivity contribution is 5.94. The van der Waals surface area contributed by atoms with Gasteiger partial charge in [0.1, 0.15) is 0 Å². The van der Waals surface area contributed by atoms with E-state index in [1.54, 1.807) is 19.0 Å². The lowest BCUT2D eigenvalue weighted by Crippen LogP contribution is -2.21. The molecule has 26 heavy (non-hydrogen) atoms. The molecule has 1 aromatic heterocycles. The van der Waals surface area contributed by atoms with Crippen molar-refractivity contribution in [1.29, 1.82) is 0 Å². The first-order chi connectivity index (χ1) is 12.6. The Kier molecular flexibility index (Phi) is 4.33. The normalized spacial score (nSPS) is 13.6. The lowest BCUT2D eigenvalue weighted by Gasteiger charge is -2.11. The van der Waals surface area contributed by atoms with Gasteiger partial charge in [-0.2, -0.15) is 5.10 Å². The van der Waals surface area contributed by atoms with Crippen LogP contribution in [-0.2, 0) is 6.54 Å². The van der Waals surface area contributed by atoms with E-state index in [0.29, 0.717) is 5.56 Å². The van der Waals surface area contributed by atoms with E-state index < -0.39 is 0 Å². The van der Waals surface area contributed by atoms with E-state index in [1.165, 1.54) is 12.8 Å². The number of amides is 1. The van der Waals surface area contributed by atoms with Crippen molar-refractivity contribution < 1.29 is 4.79 Å². The van der Waals surface area contributed by atoms with Gasteiger partial charge < -0.3 is 4.90 Å². The molecule has 0 bridgehead atoms. The predicted octanol–water partition coefficient (Wildman–Crippen LogP) is 4.33. The lowest BCUT2D eigenvalue weighted by molar-refractivity contribution is 0.0827. The molecule has 0 radical (unpaired) electrons. The maximum atomic E-state index is 12.0. The molecule has 3 aromatic rings. The van der Waals surface area contributed by atoms with Crippen LogP contribution in [0.3, 0.4) is 0 Å². The molecule has 0 N–H and O–H groups in total. The van der Waals surface area contributed by atoms with Gasteiger partial charge in [-0.25, -0.2) is 0 Å². The number of carbonyl (C=O) groups is 1. The molecule has 1 saturated carbocycles. The summed E-state index contributed by atoms with van der Waals surface area (Å²) in [5, 5.41) is 4.72. The van der Waals surface area contributed by atoms with Crippen molar-refractivity contribution in [3.05, 3.63) is 66.4 Å². The van der Waals surface area contributed by atoms with E-state index in [1.807, 2.05) is 24.3 Å². The van der Waals surface area contributed by atoms with Gasteiger partial charge in [-0.3, -0.25) is 9.48 Å². The van der Waals surface area contributed by atoms with Crippen molar-refractivity contribution in [1.82, 2.24) is 14.7 Å². The number of hydrogen-bond donors (Lipinski definition) is 0. The van der Waals surface area contributed by atoms with Gasteiger partial charge in [0.25, 0.3) is 5.91 Å². The zero-order valence-electron chi connectivity index (χ0n) is 15.2. The number of aromatic nitrogens is 2. The molecule has 1 fully saturated rings. The van der Waals surface area contributed by atoms with Gasteiger partial charge in [0.15, 0.2) is 0 Å². The van der Waals surface area contributed by atoms with Crippen LogP contribution in [-0.4, -0.2) is 34.7 Å². The number of hydrogen-bond acceptors (Lipinski definition) is 2. The Morgan fingerprint density at radius 2 is 1.77 bits per heavy atom. The molecule has 4 rings (SSSR count). The van der Waals surface area contributed by atoms with Crippen LogP contribution in [0.4, 0.5) is 0 Å². The van der Waals surface area contributed by atoms with Crippen molar-refractivity contribution in [3.8, 4) is 22.4 Å². The molecular weight excluding hydrogens is 322 g/mol. The van der Waals surface area contributed by atoms with Gasteiger partial charge >= 0.3 is 0 Å². The lowest BCUT2D eigenvalue weighted by atomic mass is 10.0. The smallest absolute Gasteiger partial charge is 0.253 e. The third kappa shape index (κ3) is 3.54. The average molecular weight is 345 g/mol. The van der Waals surface area contributed by atoms with Crippen LogP contribution in [0.2, 0.25) is 0 Å². The minimum absolute atomic E-state index is 0.0199. The van der Waals surface area contributed by atoms with Gasteiger partial charge in [0.2, 0.25) is 0 Å². The molecule has 1 aliphatic rings. The molecule has 1 heterocycles. The van der Waals surface area contributed by atoms with Crippen LogP contribution in [0.5, 0.6) is 0 Å². The molecule has 2 aromatic carbocycles. The predicted molar refractivity (Wildman–Crippen MR) is 104 cm³/mol.